The first-order chi connectivity index (χ1) is 18.3. The van der Waals surface area contributed by atoms with Crippen molar-refractivity contribution in [3.05, 3.63) is 78.1 Å². The Morgan fingerprint density at radius 2 is 1.66 bits per heavy atom. The summed E-state index contributed by atoms with van der Waals surface area (Å²) in [5, 5.41) is 0. The van der Waals surface area contributed by atoms with Gasteiger partial charge < -0.3 is 24.5 Å². The van der Waals surface area contributed by atoms with Gasteiger partial charge in [-0.15, -0.1) is 0 Å². The van der Waals surface area contributed by atoms with Crippen LogP contribution in [0.25, 0.3) is 11.2 Å². The van der Waals surface area contributed by atoms with E-state index in [9.17, 15) is 0 Å². The number of hydrogen-bond donors (Lipinski definition) is 1. The lowest BCUT2D eigenvalue weighted by molar-refractivity contribution is -0.104. The monoisotopic (exact) mass is 513 g/mol. The van der Waals surface area contributed by atoms with Crippen molar-refractivity contribution >= 4 is 17.1 Å². The fraction of sp³-hybridized carbons (Fsp3) is 0.433. The van der Waals surface area contributed by atoms with Crippen LogP contribution in [0.4, 0.5) is 5.95 Å². The number of imidazole rings is 1. The van der Waals surface area contributed by atoms with Gasteiger partial charge in [0.25, 0.3) is 0 Å². The molecule has 2 aliphatic carbocycles. The van der Waals surface area contributed by atoms with Gasteiger partial charge in [0, 0.05) is 11.5 Å². The number of rotatable bonds is 9. The maximum absolute atomic E-state index is 6.64. The van der Waals surface area contributed by atoms with Crippen molar-refractivity contribution in [3.63, 3.8) is 0 Å². The van der Waals surface area contributed by atoms with Crippen molar-refractivity contribution in [2.75, 3.05) is 12.3 Å². The van der Waals surface area contributed by atoms with E-state index in [-0.39, 0.29) is 29.1 Å². The lowest BCUT2D eigenvalue weighted by Crippen LogP contribution is -2.35. The fourth-order valence-corrected chi connectivity index (χ4v) is 5.93. The first-order valence-corrected chi connectivity index (χ1v) is 13.3. The fourth-order valence-electron chi connectivity index (χ4n) is 5.93. The molecule has 0 radical (unpaired) electrons. The lowest BCUT2D eigenvalue weighted by Gasteiger charge is -2.31. The summed E-state index contributed by atoms with van der Waals surface area (Å²) >= 11 is 0. The molecule has 0 saturated heterocycles. The van der Waals surface area contributed by atoms with Crippen LogP contribution in [0.2, 0.25) is 0 Å². The van der Waals surface area contributed by atoms with E-state index in [1.807, 2.05) is 54.9 Å². The number of hydrogen-bond acceptors (Lipinski definition) is 7. The van der Waals surface area contributed by atoms with Gasteiger partial charge in [0.1, 0.15) is 6.61 Å². The van der Waals surface area contributed by atoms with Gasteiger partial charge in [-0.25, -0.2) is 4.98 Å². The van der Waals surface area contributed by atoms with Crippen LogP contribution < -0.4 is 10.5 Å². The molecule has 0 aliphatic heterocycles. The number of anilines is 1. The summed E-state index contributed by atoms with van der Waals surface area (Å²) in [4.78, 5) is 13.6. The minimum Gasteiger partial charge on any atom is -0.471 e. The van der Waals surface area contributed by atoms with Gasteiger partial charge in [-0.1, -0.05) is 60.7 Å². The van der Waals surface area contributed by atoms with Gasteiger partial charge >= 0.3 is 0 Å². The second-order valence-corrected chi connectivity index (χ2v) is 11.5. The summed E-state index contributed by atoms with van der Waals surface area (Å²) < 4.78 is 21.1. The topological polar surface area (TPSA) is 97.3 Å². The third-order valence-corrected chi connectivity index (χ3v) is 7.70. The first-order valence-electron chi connectivity index (χ1n) is 13.3. The van der Waals surface area contributed by atoms with Crippen molar-refractivity contribution in [1.29, 1.82) is 0 Å². The van der Waals surface area contributed by atoms with Crippen molar-refractivity contribution < 1.29 is 14.2 Å². The Morgan fingerprint density at radius 1 is 0.974 bits per heavy atom. The smallest absolute Gasteiger partial charge is 0.247 e. The maximum atomic E-state index is 6.64. The summed E-state index contributed by atoms with van der Waals surface area (Å²) in [6.45, 7) is 8.00. The van der Waals surface area contributed by atoms with Crippen LogP contribution in [-0.2, 0) is 22.7 Å². The molecule has 2 N–H and O–H groups in total. The van der Waals surface area contributed by atoms with E-state index in [2.05, 4.69) is 52.4 Å². The van der Waals surface area contributed by atoms with Gasteiger partial charge in [-0.05, 0) is 50.7 Å². The summed E-state index contributed by atoms with van der Waals surface area (Å²) in [6, 6.07) is 20.5. The van der Waals surface area contributed by atoms with Crippen molar-refractivity contribution in [1.82, 2.24) is 19.5 Å². The molecule has 2 aromatic heterocycles. The molecular formula is C30H35N5O3. The van der Waals surface area contributed by atoms with Gasteiger partial charge in [0.05, 0.1) is 31.2 Å². The predicted molar refractivity (Wildman–Crippen MR) is 145 cm³/mol. The van der Waals surface area contributed by atoms with Crippen LogP contribution in [0, 0.1) is 11.3 Å². The highest BCUT2D eigenvalue weighted by molar-refractivity contribution is 5.77. The molecule has 0 spiro atoms. The maximum Gasteiger partial charge on any atom is 0.247 e. The van der Waals surface area contributed by atoms with E-state index in [0.29, 0.717) is 42.8 Å². The number of ether oxygens (including phenoxy) is 3. The Hall–Kier alpha value is -3.49. The third kappa shape index (κ3) is 4.86. The average molecular weight is 514 g/mol. The average Bonchev–Trinajstić information content (AvgIpc) is 3.35. The zero-order valence-electron chi connectivity index (χ0n) is 22.2. The summed E-state index contributed by atoms with van der Waals surface area (Å²) in [5.74, 6) is 0.993. The van der Waals surface area contributed by atoms with Crippen LogP contribution in [0.5, 0.6) is 5.88 Å². The molecule has 38 heavy (non-hydrogen) atoms. The van der Waals surface area contributed by atoms with Crippen molar-refractivity contribution in [3.8, 4) is 5.88 Å². The van der Waals surface area contributed by atoms with E-state index in [0.717, 1.165) is 18.4 Å². The normalized spacial score (nSPS) is 24.4. The molecule has 2 fully saturated rings. The molecule has 2 aromatic carbocycles. The van der Waals surface area contributed by atoms with Crippen LogP contribution in [-0.4, -0.2) is 37.8 Å². The van der Waals surface area contributed by atoms with E-state index in [4.69, 9.17) is 19.9 Å². The second kappa shape index (κ2) is 9.67. The molecule has 0 unspecified atom stereocenters. The molecule has 4 aromatic rings. The molecule has 0 amide bonds. The molecule has 6 rings (SSSR count). The zero-order chi connectivity index (χ0) is 26.3. The van der Waals surface area contributed by atoms with Crippen molar-refractivity contribution in [2.24, 2.45) is 11.3 Å². The number of nitrogens with zero attached hydrogens (tertiary/aromatic N) is 4. The SMILES string of the molecule is CC(C)(C)O[C@H]1C[C@H](n2cnc3c(OCc4ccccc4)nc(N)nc32)[C@H]2C[C@]12COCc1ccccc1. The van der Waals surface area contributed by atoms with Crippen LogP contribution in [0.1, 0.15) is 50.8 Å². The number of nitrogen functional groups attached to an aromatic ring is 1. The Kier molecular flexibility index (Phi) is 6.32. The summed E-state index contributed by atoms with van der Waals surface area (Å²) in [5.41, 5.74) is 9.43. The minimum atomic E-state index is -0.249. The quantitative estimate of drug-likeness (QED) is 0.323. The molecule has 4 atom stereocenters. The van der Waals surface area contributed by atoms with E-state index < -0.39 is 0 Å². The number of aromatic nitrogens is 4. The Bertz CT molecular complexity index is 1400. The van der Waals surface area contributed by atoms with Gasteiger partial charge in [-0.2, -0.15) is 9.97 Å². The van der Waals surface area contributed by atoms with E-state index in [1.165, 1.54) is 5.56 Å². The highest BCUT2D eigenvalue weighted by Gasteiger charge is 2.69. The predicted octanol–water partition coefficient (Wildman–Crippen LogP) is 5.34. The Balaban J connectivity index is 1.24. The van der Waals surface area contributed by atoms with Crippen LogP contribution in [0.15, 0.2) is 67.0 Å². The van der Waals surface area contributed by atoms with Crippen molar-refractivity contribution in [2.45, 2.75) is 64.6 Å². The van der Waals surface area contributed by atoms with Gasteiger partial charge in [-0.3, -0.25) is 0 Å². The Morgan fingerprint density at radius 3 is 2.34 bits per heavy atom. The van der Waals surface area contributed by atoms with Crippen LogP contribution >= 0.6 is 0 Å². The van der Waals surface area contributed by atoms with E-state index in [1.54, 1.807) is 0 Å². The molecular weight excluding hydrogens is 478 g/mol. The van der Waals surface area contributed by atoms with Gasteiger partial charge in [0.2, 0.25) is 11.8 Å². The molecule has 2 aliphatic rings. The zero-order valence-corrected chi connectivity index (χ0v) is 22.2. The molecule has 2 heterocycles. The minimum absolute atomic E-state index is 0.0193. The lowest BCUT2D eigenvalue weighted by atomic mass is 10.0. The summed E-state index contributed by atoms with van der Waals surface area (Å²) in [6.07, 6.45) is 3.85. The standard InChI is InChI=1S/C30H35N5O3/c1-29(2,3)38-24-14-23(22-15-30(22,24)18-36-16-20-10-6-4-7-11-20)35-19-32-25-26(35)33-28(31)34-27(25)37-17-21-12-8-5-9-13-21/h4-13,19,22-24H,14-18H2,1-3H3,(H2,31,33,34)/t22-,23+,24+,30-/m1/s1. The van der Waals surface area contributed by atoms with E-state index >= 15 is 0 Å². The Labute approximate surface area is 223 Å². The highest BCUT2D eigenvalue weighted by Crippen LogP contribution is 2.69. The van der Waals surface area contributed by atoms with Gasteiger partial charge in [0.15, 0.2) is 11.2 Å². The molecule has 8 heteroatoms. The number of benzene rings is 2. The molecule has 0 bridgehead atoms. The first kappa shape index (κ1) is 24.8. The van der Waals surface area contributed by atoms with Crippen LogP contribution in [0.3, 0.4) is 0 Å². The second-order valence-electron chi connectivity index (χ2n) is 11.5. The highest BCUT2D eigenvalue weighted by atomic mass is 16.5. The number of nitrogens with two attached hydrogens (primary N) is 1. The third-order valence-electron chi connectivity index (χ3n) is 7.70. The molecule has 198 valence electrons. The largest absolute Gasteiger partial charge is 0.471 e. The number of fused-ring (bicyclic) bond motifs is 2. The molecule has 2 saturated carbocycles. The molecule has 8 nitrogen and oxygen atoms in total. The summed E-state index contributed by atoms with van der Waals surface area (Å²) in [7, 11) is 0.